The monoisotopic (exact) mass is 1490 g/mol. The van der Waals surface area contributed by atoms with E-state index in [4.69, 9.17) is 37.0 Å². The zero-order chi connectivity index (χ0) is 76.0. The van der Waals surface area contributed by atoms with Crippen LogP contribution in [0.25, 0.3) is 0 Å². The van der Waals surface area contributed by atoms with Crippen molar-refractivity contribution in [3.05, 3.63) is 182 Å². The molecule has 104 heavy (non-hydrogen) atoms. The number of allylic oxidation sites excluding steroid dienone is 30. The van der Waals surface area contributed by atoms with Gasteiger partial charge in [0, 0.05) is 25.7 Å². The number of ether oxygens (including phenoxy) is 4. The van der Waals surface area contributed by atoms with E-state index < -0.39 is 97.5 Å². The summed E-state index contributed by atoms with van der Waals surface area (Å²) in [4.78, 5) is 73.0. The first kappa shape index (κ1) is 98.2. The zero-order valence-corrected chi connectivity index (χ0v) is 65.9. The molecule has 0 aliphatic carbocycles. The number of carbonyl (C=O) groups excluding carboxylic acids is 4. The van der Waals surface area contributed by atoms with Crippen LogP contribution in [0.1, 0.15) is 272 Å². The lowest BCUT2D eigenvalue weighted by atomic mass is 10.1. The Kier molecular flexibility index (Phi) is 71.2. The molecular weight excluding hydrogens is 1350 g/mol. The Morgan fingerprint density at radius 2 is 0.510 bits per heavy atom. The van der Waals surface area contributed by atoms with Crippen molar-refractivity contribution in [1.29, 1.82) is 0 Å². The van der Waals surface area contributed by atoms with Crippen LogP contribution in [0.15, 0.2) is 182 Å². The van der Waals surface area contributed by atoms with E-state index in [9.17, 15) is 43.2 Å². The Bertz CT molecular complexity index is 2690. The third-order valence-corrected chi connectivity index (χ3v) is 17.2. The highest BCUT2D eigenvalue weighted by Crippen LogP contribution is 2.45. The maximum atomic E-state index is 13.1. The summed E-state index contributed by atoms with van der Waals surface area (Å²) in [5, 5.41) is 10.6. The van der Waals surface area contributed by atoms with Gasteiger partial charge in [0.2, 0.25) is 0 Å². The van der Waals surface area contributed by atoms with Crippen LogP contribution >= 0.6 is 15.6 Å². The summed E-state index contributed by atoms with van der Waals surface area (Å²) < 4.78 is 68.4. The minimum atomic E-state index is -5.01. The van der Waals surface area contributed by atoms with Gasteiger partial charge < -0.3 is 33.8 Å². The topological polar surface area (TPSA) is 237 Å². The molecule has 0 aliphatic heterocycles. The van der Waals surface area contributed by atoms with Gasteiger partial charge in [0.05, 0.1) is 26.4 Å². The van der Waals surface area contributed by atoms with Crippen molar-refractivity contribution in [3.63, 3.8) is 0 Å². The van der Waals surface area contributed by atoms with Gasteiger partial charge in [-0.25, -0.2) is 9.13 Å². The molecule has 0 saturated heterocycles. The van der Waals surface area contributed by atoms with Gasteiger partial charge >= 0.3 is 39.5 Å². The number of unbranched alkanes of at least 4 members (excludes halogenated alkanes) is 15. The molecular formula is C85H136O17P2. The fourth-order valence-electron chi connectivity index (χ4n) is 9.51. The number of aliphatic hydroxyl groups excluding tert-OH is 1. The average molecular weight is 1490 g/mol. The van der Waals surface area contributed by atoms with Crippen molar-refractivity contribution in [2.24, 2.45) is 0 Å². The minimum Gasteiger partial charge on any atom is -0.462 e. The van der Waals surface area contributed by atoms with Crippen LogP contribution in [0.5, 0.6) is 0 Å². The Labute approximate surface area is 628 Å². The number of rotatable bonds is 71. The van der Waals surface area contributed by atoms with Crippen molar-refractivity contribution in [3.8, 4) is 0 Å². The van der Waals surface area contributed by atoms with Crippen LogP contribution in [0.2, 0.25) is 0 Å². The molecule has 0 amide bonds. The predicted octanol–water partition coefficient (Wildman–Crippen LogP) is 22.8. The quantitative estimate of drug-likeness (QED) is 0.0169. The SMILES string of the molecule is CC/C=C\C/C=C\C/C=C\C/C=C\C/C=C\CCCC(=O)OCC(COP(=O)(O)OCC(O)COP(=O)(O)OCC(COC(=O)CCC/C=C\C/C=C\C/C=C\C/C=C\C/C=C\CC)OC(=O)CCCCCCC/C=C\C/C=C\CCCCC)OC(=O)CCCCCCC/C=C\C/C=C\C/C=C\CC. The molecule has 0 radical (unpaired) electrons. The summed E-state index contributed by atoms with van der Waals surface area (Å²) in [7, 11) is -10.0. The second kappa shape index (κ2) is 75.4. The summed E-state index contributed by atoms with van der Waals surface area (Å²) in [6.07, 6.45) is 90.3. The van der Waals surface area contributed by atoms with E-state index in [1.54, 1.807) is 0 Å². The van der Waals surface area contributed by atoms with Gasteiger partial charge in [-0.2, -0.15) is 0 Å². The molecule has 0 fully saturated rings. The van der Waals surface area contributed by atoms with Crippen molar-refractivity contribution < 1.29 is 80.2 Å². The lowest BCUT2D eigenvalue weighted by Gasteiger charge is -2.21. The summed E-state index contributed by atoms with van der Waals surface area (Å²) in [5.74, 6) is -2.36. The third-order valence-electron chi connectivity index (χ3n) is 15.3. The number of esters is 4. The van der Waals surface area contributed by atoms with Crippen LogP contribution in [-0.4, -0.2) is 96.7 Å². The van der Waals surface area contributed by atoms with Crippen LogP contribution in [0, 0.1) is 0 Å². The highest BCUT2D eigenvalue weighted by molar-refractivity contribution is 7.47. The number of hydrogen-bond donors (Lipinski definition) is 3. The first-order valence-electron chi connectivity index (χ1n) is 39.0. The highest BCUT2D eigenvalue weighted by Gasteiger charge is 2.30. The summed E-state index contributed by atoms with van der Waals surface area (Å²) in [6, 6.07) is 0. The molecule has 5 atom stereocenters. The lowest BCUT2D eigenvalue weighted by Crippen LogP contribution is -2.30. The van der Waals surface area contributed by atoms with Crippen LogP contribution < -0.4 is 0 Å². The maximum absolute atomic E-state index is 13.1. The molecule has 0 spiro atoms. The highest BCUT2D eigenvalue weighted by atomic mass is 31.2. The van der Waals surface area contributed by atoms with E-state index in [1.807, 2.05) is 24.3 Å². The van der Waals surface area contributed by atoms with Crippen molar-refractivity contribution in [1.82, 2.24) is 0 Å². The fourth-order valence-corrected chi connectivity index (χ4v) is 11.1. The first-order chi connectivity index (χ1) is 50.7. The van der Waals surface area contributed by atoms with Crippen LogP contribution in [-0.2, 0) is 65.4 Å². The summed E-state index contributed by atoms with van der Waals surface area (Å²) in [5.41, 5.74) is 0. The molecule has 0 aromatic rings. The van der Waals surface area contributed by atoms with Gasteiger partial charge in [0.25, 0.3) is 0 Å². The molecule has 3 N–H and O–H groups in total. The molecule has 5 unspecified atom stereocenters. The third kappa shape index (κ3) is 74.4. The molecule has 588 valence electrons. The van der Waals surface area contributed by atoms with E-state index in [0.717, 1.165) is 161 Å². The van der Waals surface area contributed by atoms with E-state index in [1.165, 1.54) is 19.3 Å². The molecule has 19 heteroatoms. The normalized spacial score (nSPS) is 14.9. The molecule has 0 aliphatic rings. The van der Waals surface area contributed by atoms with Crippen LogP contribution in [0.4, 0.5) is 0 Å². The molecule has 0 rings (SSSR count). The van der Waals surface area contributed by atoms with Crippen molar-refractivity contribution in [2.45, 2.75) is 290 Å². The molecule has 0 aromatic heterocycles. The Morgan fingerprint density at radius 3 is 0.798 bits per heavy atom. The van der Waals surface area contributed by atoms with Crippen LogP contribution in [0.3, 0.4) is 0 Å². The summed E-state index contributed by atoms with van der Waals surface area (Å²) in [6.45, 7) is 4.31. The number of hydrogen-bond acceptors (Lipinski definition) is 15. The van der Waals surface area contributed by atoms with E-state index in [-0.39, 0.29) is 25.7 Å². The van der Waals surface area contributed by atoms with Gasteiger partial charge in [0.1, 0.15) is 19.3 Å². The van der Waals surface area contributed by atoms with Gasteiger partial charge in [0.15, 0.2) is 12.2 Å². The predicted molar refractivity (Wildman–Crippen MR) is 426 cm³/mol. The van der Waals surface area contributed by atoms with Gasteiger partial charge in [-0.3, -0.25) is 37.3 Å². The Balaban J connectivity index is 5.51. The second-order valence-electron chi connectivity index (χ2n) is 25.1. The zero-order valence-electron chi connectivity index (χ0n) is 64.1. The number of phosphoric acid groups is 2. The Hall–Kier alpha value is -5.84. The van der Waals surface area contributed by atoms with Gasteiger partial charge in [-0.1, -0.05) is 261 Å². The summed E-state index contributed by atoms with van der Waals surface area (Å²) >= 11 is 0. The largest absolute Gasteiger partial charge is 0.472 e. The van der Waals surface area contributed by atoms with E-state index >= 15 is 0 Å². The smallest absolute Gasteiger partial charge is 0.462 e. The van der Waals surface area contributed by atoms with E-state index in [0.29, 0.717) is 38.5 Å². The molecule has 0 heterocycles. The van der Waals surface area contributed by atoms with Crippen molar-refractivity contribution in [2.75, 3.05) is 39.6 Å². The standard InChI is InChI=1S/C85H136O17P2/c1-5-9-13-17-21-25-29-33-37-39-43-45-49-53-57-61-65-69-82(87)95-75-80(101-84(89)71-67-63-59-55-51-47-41-35-31-27-23-19-15-11-7-3)77-99-103(91,92)97-73-79(86)74-98-104(93,94)100-78-81(102-85(90)72-68-64-60-56-52-48-42-36-32-28-24-20-16-12-8-4)76-96-83(88)70-66-62-58-54-50-46-44-40-38-34-30-26-22-18-14-10-6-2/h9-11,13-15,21-28,33-38,41-46,53-54,57-58,79-81,86H,5-8,12,16-20,29-32,39-40,47-52,55-56,59-78H2,1-4H3,(H,91,92)(H,93,94)/b13-9-,14-10-,15-11-,25-21-,26-22-,27-23-,28-24-,37-33-,38-34-,41-35-,42-36-,45-43-,46-44-,57-53-,58-54-. The number of carbonyl (C=O) groups is 4. The number of phosphoric ester groups is 2. The second-order valence-corrected chi connectivity index (χ2v) is 28.1. The van der Waals surface area contributed by atoms with Gasteiger partial charge in [-0.05, 0) is 167 Å². The molecule has 0 aromatic carbocycles. The molecule has 0 bridgehead atoms. The first-order valence-corrected chi connectivity index (χ1v) is 42.0. The number of aliphatic hydroxyl groups is 1. The van der Waals surface area contributed by atoms with Gasteiger partial charge in [-0.15, -0.1) is 0 Å². The minimum absolute atomic E-state index is 0.0546. The Morgan fingerprint density at radius 1 is 0.279 bits per heavy atom. The lowest BCUT2D eigenvalue weighted by molar-refractivity contribution is -0.161. The van der Waals surface area contributed by atoms with Crippen molar-refractivity contribution >= 4 is 39.5 Å². The van der Waals surface area contributed by atoms with E-state index in [2.05, 4.69) is 186 Å². The maximum Gasteiger partial charge on any atom is 0.472 e. The molecule has 0 saturated carbocycles. The fraction of sp³-hybridized carbons (Fsp3) is 0.600. The average Bonchev–Trinajstić information content (AvgIpc) is 0.937. The molecule has 17 nitrogen and oxygen atoms in total.